The summed E-state index contributed by atoms with van der Waals surface area (Å²) in [6.07, 6.45) is 2.92. The first-order valence-corrected chi connectivity index (χ1v) is 9.04. The molecule has 130 valence electrons. The Bertz CT molecular complexity index is 802. The van der Waals surface area contributed by atoms with Crippen LogP contribution in [0.25, 0.3) is 10.4 Å². The number of nitrogens with one attached hydrogen (secondary N) is 1. The lowest BCUT2D eigenvalue weighted by Gasteiger charge is -2.10. The number of nitrogens with zero attached hydrogens (tertiary/aromatic N) is 1. The summed E-state index contributed by atoms with van der Waals surface area (Å²) in [6.45, 7) is 1.70. The molecule has 0 aliphatic heterocycles. The molecule has 1 heterocycles. The van der Waals surface area contributed by atoms with Gasteiger partial charge in [0.15, 0.2) is 11.5 Å². The maximum Gasteiger partial charge on any atom is 0.169 e. The number of hydrogen-bond donors (Lipinski definition) is 1. The monoisotopic (exact) mass is 354 g/mol. The van der Waals surface area contributed by atoms with Gasteiger partial charge in [0, 0.05) is 18.3 Å². The second-order valence-corrected chi connectivity index (χ2v) is 6.69. The van der Waals surface area contributed by atoms with E-state index in [1.54, 1.807) is 25.6 Å². The Hall–Kier alpha value is -2.37. The van der Waals surface area contributed by atoms with Crippen LogP contribution in [0.5, 0.6) is 11.5 Å². The van der Waals surface area contributed by atoms with Crippen LogP contribution in [0.15, 0.2) is 54.7 Å². The van der Waals surface area contributed by atoms with E-state index in [0.29, 0.717) is 0 Å². The second kappa shape index (κ2) is 8.65. The van der Waals surface area contributed by atoms with E-state index < -0.39 is 0 Å². The van der Waals surface area contributed by atoms with Crippen LogP contribution in [-0.4, -0.2) is 25.7 Å². The Kier molecular flexibility index (Phi) is 6.04. The van der Waals surface area contributed by atoms with Gasteiger partial charge in [0.2, 0.25) is 0 Å². The third-order valence-electron chi connectivity index (χ3n) is 3.93. The van der Waals surface area contributed by atoms with Gasteiger partial charge in [-0.05, 0) is 30.7 Å². The van der Waals surface area contributed by atoms with Crippen molar-refractivity contribution >= 4 is 11.3 Å². The maximum atomic E-state index is 5.52. The van der Waals surface area contributed by atoms with Crippen molar-refractivity contribution in [3.63, 3.8) is 0 Å². The summed E-state index contributed by atoms with van der Waals surface area (Å²) < 4.78 is 10.9. The minimum Gasteiger partial charge on any atom is -0.493 e. The fourth-order valence-electron chi connectivity index (χ4n) is 2.67. The minimum atomic E-state index is 0.732. The van der Waals surface area contributed by atoms with Gasteiger partial charge in [-0.2, -0.15) is 0 Å². The Morgan fingerprint density at radius 3 is 2.60 bits per heavy atom. The van der Waals surface area contributed by atoms with Crippen molar-refractivity contribution in [3.8, 4) is 21.9 Å². The molecule has 1 aromatic heterocycles. The minimum absolute atomic E-state index is 0.732. The fourth-order valence-corrected chi connectivity index (χ4v) is 3.58. The van der Waals surface area contributed by atoms with E-state index >= 15 is 0 Å². The molecule has 0 radical (unpaired) electrons. The summed E-state index contributed by atoms with van der Waals surface area (Å²) in [4.78, 5) is 5.61. The van der Waals surface area contributed by atoms with Crippen molar-refractivity contribution in [2.45, 2.75) is 13.0 Å². The average molecular weight is 354 g/mol. The molecule has 2 aromatic carbocycles. The van der Waals surface area contributed by atoms with Gasteiger partial charge in [-0.1, -0.05) is 36.4 Å². The normalized spacial score (nSPS) is 10.6. The van der Waals surface area contributed by atoms with Crippen LogP contribution in [0, 0.1) is 0 Å². The third kappa shape index (κ3) is 4.38. The van der Waals surface area contributed by atoms with Crippen LogP contribution < -0.4 is 14.8 Å². The average Bonchev–Trinajstić information content (AvgIpc) is 3.14. The number of benzene rings is 2. The zero-order chi connectivity index (χ0) is 17.5. The Balaban J connectivity index is 1.61. The van der Waals surface area contributed by atoms with E-state index in [4.69, 9.17) is 9.47 Å². The molecule has 3 aromatic rings. The predicted octanol–water partition coefficient (Wildman–Crippen LogP) is 4.16. The Labute approximate surface area is 152 Å². The highest BCUT2D eigenvalue weighted by Crippen LogP contribution is 2.39. The van der Waals surface area contributed by atoms with Crippen molar-refractivity contribution in [3.05, 3.63) is 65.3 Å². The lowest BCUT2D eigenvalue weighted by molar-refractivity contribution is 0.356. The molecule has 0 atom stereocenters. The summed E-state index contributed by atoms with van der Waals surface area (Å²) in [5, 5.41) is 4.52. The van der Waals surface area contributed by atoms with Gasteiger partial charge in [0.05, 0.1) is 19.1 Å². The molecule has 0 spiro atoms. The summed E-state index contributed by atoms with van der Waals surface area (Å²) in [7, 11) is 3.31. The molecule has 0 unspecified atom stereocenters. The fraction of sp³-hybridized carbons (Fsp3) is 0.250. The van der Waals surface area contributed by atoms with Crippen LogP contribution in [0.2, 0.25) is 0 Å². The standard InChI is InChI=1S/C20H22N2O2S/c1-23-17-10-6-9-16(20(17)24-2)18-13-22-19(25-18)14-21-12-11-15-7-4-3-5-8-15/h3-10,13,21H,11-12,14H2,1-2H3. The second-order valence-electron chi connectivity index (χ2n) is 5.57. The van der Waals surface area contributed by atoms with Crippen molar-refractivity contribution in [2.75, 3.05) is 20.8 Å². The molecule has 0 aliphatic rings. The number of methoxy groups -OCH3 is 2. The molecular formula is C20H22N2O2S. The molecule has 0 bridgehead atoms. The molecule has 0 aliphatic carbocycles. The molecule has 4 nitrogen and oxygen atoms in total. The molecule has 0 fully saturated rings. The Morgan fingerprint density at radius 2 is 1.84 bits per heavy atom. The van der Waals surface area contributed by atoms with Gasteiger partial charge in [-0.25, -0.2) is 4.98 Å². The first-order valence-electron chi connectivity index (χ1n) is 8.22. The number of ether oxygens (including phenoxy) is 2. The highest BCUT2D eigenvalue weighted by molar-refractivity contribution is 7.15. The van der Waals surface area contributed by atoms with E-state index in [-0.39, 0.29) is 0 Å². The van der Waals surface area contributed by atoms with Crippen LogP contribution in [0.1, 0.15) is 10.6 Å². The van der Waals surface area contributed by atoms with E-state index in [1.807, 2.05) is 30.5 Å². The molecule has 25 heavy (non-hydrogen) atoms. The first kappa shape index (κ1) is 17.5. The smallest absolute Gasteiger partial charge is 0.169 e. The highest BCUT2D eigenvalue weighted by Gasteiger charge is 2.13. The molecule has 3 rings (SSSR count). The van der Waals surface area contributed by atoms with Gasteiger partial charge in [-0.15, -0.1) is 11.3 Å². The van der Waals surface area contributed by atoms with Crippen LogP contribution in [-0.2, 0) is 13.0 Å². The van der Waals surface area contributed by atoms with Crippen LogP contribution in [0.3, 0.4) is 0 Å². The van der Waals surface area contributed by atoms with Crippen molar-refractivity contribution in [2.24, 2.45) is 0 Å². The quantitative estimate of drug-likeness (QED) is 0.617. The number of para-hydroxylation sites is 1. The third-order valence-corrected chi connectivity index (χ3v) is 4.96. The topological polar surface area (TPSA) is 43.4 Å². The largest absolute Gasteiger partial charge is 0.493 e. The zero-order valence-corrected chi connectivity index (χ0v) is 15.3. The van der Waals surface area contributed by atoms with E-state index in [9.17, 15) is 0 Å². The maximum absolute atomic E-state index is 5.52. The van der Waals surface area contributed by atoms with E-state index in [0.717, 1.165) is 46.5 Å². The summed E-state index contributed by atoms with van der Waals surface area (Å²) in [6, 6.07) is 16.4. The molecule has 0 amide bonds. The first-order chi connectivity index (χ1) is 12.3. The molecule has 0 saturated heterocycles. The molecule has 5 heteroatoms. The number of thiazole rings is 1. The Morgan fingerprint density at radius 1 is 1.00 bits per heavy atom. The number of aromatic nitrogens is 1. The van der Waals surface area contributed by atoms with Gasteiger partial charge in [0.25, 0.3) is 0 Å². The number of hydrogen-bond acceptors (Lipinski definition) is 5. The lowest BCUT2D eigenvalue weighted by Crippen LogP contribution is -2.16. The highest BCUT2D eigenvalue weighted by atomic mass is 32.1. The zero-order valence-electron chi connectivity index (χ0n) is 14.5. The lowest BCUT2D eigenvalue weighted by atomic mass is 10.1. The number of rotatable bonds is 8. The van der Waals surface area contributed by atoms with Crippen molar-refractivity contribution < 1.29 is 9.47 Å². The van der Waals surface area contributed by atoms with Crippen molar-refractivity contribution in [1.29, 1.82) is 0 Å². The molecule has 0 saturated carbocycles. The van der Waals surface area contributed by atoms with Gasteiger partial charge in [0.1, 0.15) is 5.01 Å². The van der Waals surface area contributed by atoms with Gasteiger partial charge in [-0.3, -0.25) is 0 Å². The van der Waals surface area contributed by atoms with Gasteiger partial charge >= 0.3 is 0 Å². The van der Waals surface area contributed by atoms with E-state index in [1.165, 1.54) is 5.56 Å². The van der Waals surface area contributed by atoms with Crippen molar-refractivity contribution in [1.82, 2.24) is 10.3 Å². The summed E-state index contributed by atoms with van der Waals surface area (Å²) >= 11 is 1.67. The molecular weight excluding hydrogens is 332 g/mol. The van der Waals surface area contributed by atoms with Crippen LogP contribution >= 0.6 is 11.3 Å². The predicted molar refractivity (Wildman–Crippen MR) is 103 cm³/mol. The van der Waals surface area contributed by atoms with Gasteiger partial charge < -0.3 is 14.8 Å². The summed E-state index contributed by atoms with van der Waals surface area (Å²) in [5.74, 6) is 1.48. The molecule has 1 N–H and O–H groups in total. The SMILES string of the molecule is COc1cccc(-c2cnc(CNCCc3ccccc3)s2)c1OC. The van der Waals surface area contributed by atoms with E-state index in [2.05, 4.69) is 34.6 Å². The summed E-state index contributed by atoms with van der Waals surface area (Å²) in [5.41, 5.74) is 2.35. The van der Waals surface area contributed by atoms with Crippen LogP contribution in [0.4, 0.5) is 0 Å².